The van der Waals surface area contributed by atoms with Crippen molar-refractivity contribution in [3.63, 3.8) is 0 Å². The van der Waals surface area contributed by atoms with Crippen molar-refractivity contribution in [2.45, 2.75) is 37.5 Å². The minimum atomic E-state index is -0.247. The molecule has 118 valence electrons. The van der Waals surface area contributed by atoms with Crippen molar-refractivity contribution in [1.29, 1.82) is 0 Å². The van der Waals surface area contributed by atoms with Crippen LogP contribution in [0.5, 0.6) is 0 Å². The molecular formula is C18H23ClN2O. The minimum Gasteiger partial charge on any atom is -0.342 e. The Labute approximate surface area is 137 Å². The number of nitrogens with zero attached hydrogens (tertiary/aromatic N) is 1. The summed E-state index contributed by atoms with van der Waals surface area (Å²) in [6.07, 6.45) is 5.55. The van der Waals surface area contributed by atoms with Crippen LogP contribution in [0.4, 0.5) is 0 Å². The quantitative estimate of drug-likeness (QED) is 0.909. The molecule has 1 aromatic carbocycles. The smallest absolute Gasteiger partial charge is 0.233 e. The van der Waals surface area contributed by atoms with Crippen LogP contribution in [0.3, 0.4) is 0 Å². The molecule has 4 heteroatoms. The third kappa shape index (κ3) is 2.35. The summed E-state index contributed by atoms with van der Waals surface area (Å²) in [7, 11) is 0. The van der Waals surface area contributed by atoms with Crippen LogP contribution in [-0.2, 0) is 10.2 Å². The fourth-order valence-electron chi connectivity index (χ4n) is 4.23. The Balaban J connectivity index is 1.47. The third-order valence-corrected chi connectivity index (χ3v) is 6.25. The van der Waals surface area contributed by atoms with Crippen LogP contribution in [0, 0.1) is 5.41 Å². The molecule has 2 aliphatic heterocycles. The van der Waals surface area contributed by atoms with Crippen molar-refractivity contribution in [1.82, 2.24) is 10.2 Å². The van der Waals surface area contributed by atoms with E-state index in [0.717, 1.165) is 62.4 Å². The SMILES string of the molecule is O=C(N1CCC2(CCNC2)CC1)C1(c2ccc(Cl)cc2)CC1. The van der Waals surface area contributed by atoms with Crippen molar-refractivity contribution >= 4 is 17.5 Å². The molecule has 0 atom stereocenters. The fourth-order valence-corrected chi connectivity index (χ4v) is 4.36. The lowest BCUT2D eigenvalue weighted by molar-refractivity contribution is -0.136. The van der Waals surface area contributed by atoms with E-state index >= 15 is 0 Å². The average molecular weight is 319 g/mol. The van der Waals surface area contributed by atoms with Crippen LogP contribution >= 0.6 is 11.6 Å². The number of carbonyl (C=O) groups is 1. The lowest BCUT2D eigenvalue weighted by Gasteiger charge is -2.40. The zero-order valence-electron chi connectivity index (χ0n) is 12.9. The van der Waals surface area contributed by atoms with Gasteiger partial charge in [0.25, 0.3) is 0 Å². The van der Waals surface area contributed by atoms with E-state index in [1.54, 1.807) is 0 Å². The maximum absolute atomic E-state index is 13.0. The van der Waals surface area contributed by atoms with E-state index in [1.165, 1.54) is 6.42 Å². The summed E-state index contributed by atoms with van der Waals surface area (Å²) in [4.78, 5) is 15.2. The van der Waals surface area contributed by atoms with Crippen molar-refractivity contribution < 1.29 is 4.79 Å². The molecule has 3 aliphatic rings. The summed E-state index contributed by atoms with van der Waals surface area (Å²) in [6.45, 7) is 4.13. The number of halogens is 1. The van der Waals surface area contributed by atoms with Crippen LogP contribution in [-0.4, -0.2) is 37.0 Å². The number of nitrogens with one attached hydrogen (secondary N) is 1. The number of amides is 1. The highest BCUT2D eigenvalue weighted by atomic mass is 35.5. The highest BCUT2D eigenvalue weighted by Crippen LogP contribution is 2.50. The van der Waals surface area contributed by atoms with Gasteiger partial charge in [-0.05, 0) is 61.8 Å². The van der Waals surface area contributed by atoms with E-state index in [-0.39, 0.29) is 5.41 Å². The molecular weight excluding hydrogens is 296 g/mol. The molecule has 1 aromatic rings. The normalized spacial score (nSPS) is 25.4. The predicted molar refractivity (Wildman–Crippen MR) is 88.1 cm³/mol. The van der Waals surface area contributed by atoms with Gasteiger partial charge in [0.2, 0.25) is 5.91 Å². The van der Waals surface area contributed by atoms with Crippen LogP contribution in [0.2, 0.25) is 5.02 Å². The maximum atomic E-state index is 13.0. The van der Waals surface area contributed by atoms with Crippen LogP contribution in [0.15, 0.2) is 24.3 Å². The average Bonchev–Trinajstić information content (AvgIpc) is 3.24. The largest absolute Gasteiger partial charge is 0.342 e. The Hall–Kier alpha value is -1.06. The Morgan fingerprint density at radius 3 is 2.27 bits per heavy atom. The van der Waals surface area contributed by atoms with Crippen molar-refractivity contribution in [3.8, 4) is 0 Å². The van der Waals surface area contributed by atoms with E-state index in [9.17, 15) is 4.79 Å². The van der Waals surface area contributed by atoms with E-state index in [4.69, 9.17) is 11.6 Å². The molecule has 1 amide bonds. The minimum absolute atomic E-state index is 0.247. The zero-order valence-corrected chi connectivity index (χ0v) is 13.7. The molecule has 0 bridgehead atoms. The van der Waals surface area contributed by atoms with Gasteiger partial charge in [0, 0.05) is 24.7 Å². The lowest BCUT2D eigenvalue weighted by atomic mass is 9.77. The molecule has 3 nitrogen and oxygen atoms in total. The van der Waals surface area contributed by atoms with Gasteiger partial charge in [-0.1, -0.05) is 23.7 Å². The van der Waals surface area contributed by atoms with Gasteiger partial charge in [-0.25, -0.2) is 0 Å². The van der Waals surface area contributed by atoms with Gasteiger partial charge in [-0.2, -0.15) is 0 Å². The summed E-state index contributed by atoms with van der Waals surface area (Å²) in [5.41, 5.74) is 1.36. The topological polar surface area (TPSA) is 32.3 Å². The summed E-state index contributed by atoms with van der Waals surface area (Å²) in [5.74, 6) is 0.343. The fraction of sp³-hybridized carbons (Fsp3) is 0.611. The second kappa shape index (κ2) is 5.24. The Bertz CT molecular complexity index is 563. The van der Waals surface area contributed by atoms with Gasteiger partial charge in [0.1, 0.15) is 0 Å². The summed E-state index contributed by atoms with van der Waals surface area (Å²) in [5, 5.41) is 4.22. The highest BCUT2D eigenvalue weighted by molar-refractivity contribution is 6.30. The third-order valence-electron chi connectivity index (χ3n) is 6.00. The standard InChI is InChI=1S/C18H23ClN2O/c19-15-3-1-14(2-4-15)18(5-6-18)16(22)21-11-8-17(9-12-21)7-10-20-13-17/h1-4,20H,5-13H2. The molecule has 1 aliphatic carbocycles. The Kier molecular flexibility index (Phi) is 3.46. The monoisotopic (exact) mass is 318 g/mol. The summed E-state index contributed by atoms with van der Waals surface area (Å²) >= 11 is 5.98. The van der Waals surface area contributed by atoms with E-state index in [0.29, 0.717) is 11.3 Å². The first kappa shape index (κ1) is 14.5. The first-order chi connectivity index (χ1) is 10.6. The van der Waals surface area contributed by atoms with Gasteiger partial charge in [0.05, 0.1) is 5.41 Å². The molecule has 0 radical (unpaired) electrons. The second-order valence-electron chi connectivity index (χ2n) is 7.31. The molecule has 4 rings (SSSR count). The summed E-state index contributed by atoms with van der Waals surface area (Å²) < 4.78 is 0. The van der Waals surface area contributed by atoms with Crippen LogP contribution in [0.25, 0.3) is 0 Å². The Morgan fingerprint density at radius 1 is 1.05 bits per heavy atom. The highest BCUT2D eigenvalue weighted by Gasteiger charge is 2.53. The summed E-state index contributed by atoms with van der Waals surface area (Å²) in [6, 6.07) is 7.86. The van der Waals surface area contributed by atoms with Crippen LogP contribution < -0.4 is 5.32 Å². The van der Waals surface area contributed by atoms with Gasteiger partial charge in [0.15, 0.2) is 0 Å². The van der Waals surface area contributed by atoms with E-state index in [2.05, 4.69) is 10.2 Å². The maximum Gasteiger partial charge on any atom is 0.233 e. The number of benzene rings is 1. The number of likely N-dealkylation sites (tertiary alicyclic amines) is 1. The first-order valence-corrected chi connectivity index (χ1v) is 8.78. The van der Waals surface area contributed by atoms with Crippen LogP contribution in [0.1, 0.15) is 37.7 Å². The number of rotatable bonds is 2. The number of hydrogen-bond acceptors (Lipinski definition) is 2. The van der Waals surface area contributed by atoms with Crippen molar-refractivity contribution in [2.75, 3.05) is 26.2 Å². The number of carbonyl (C=O) groups excluding carboxylic acids is 1. The first-order valence-electron chi connectivity index (χ1n) is 8.40. The van der Waals surface area contributed by atoms with E-state index in [1.807, 2.05) is 24.3 Å². The molecule has 1 spiro atoms. The Morgan fingerprint density at radius 2 is 1.73 bits per heavy atom. The molecule has 3 fully saturated rings. The van der Waals surface area contributed by atoms with Gasteiger partial charge in [-0.15, -0.1) is 0 Å². The van der Waals surface area contributed by atoms with Gasteiger partial charge >= 0.3 is 0 Å². The molecule has 1 saturated carbocycles. The molecule has 2 saturated heterocycles. The van der Waals surface area contributed by atoms with E-state index < -0.39 is 0 Å². The molecule has 0 unspecified atom stereocenters. The number of piperidine rings is 1. The molecule has 1 N–H and O–H groups in total. The predicted octanol–water partition coefficient (Wildman–Crippen LogP) is 2.97. The second-order valence-corrected chi connectivity index (χ2v) is 7.74. The zero-order chi connectivity index (χ0) is 15.2. The van der Waals surface area contributed by atoms with Gasteiger partial charge in [-0.3, -0.25) is 4.79 Å². The van der Waals surface area contributed by atoms with Crippen molar-refractivity contribution in [3.05, 3.63) is 34.9 Å². The van der Waals surface area contributed by atoms with Gasteiger partial charge < -0.3 is 10.2 Å². The lowest BCUT2D eigenvalue weighted by Crippen LogP contribution is -2.47. The molecule has 0 aromatic heterocycles. The molecule has 22 heavy (non-hydrogen) atoms. The molecule has 2 heterocycles. The number of hydrogen-bond donors (Lipinski definition) is 1. The van der Waals surface area contributed by atoms with Crippen molar-refractivity contribution in [2.24, 2.45) is 5.41 Å².